The predicted molar refractivity (Wildman–Crippen MR) is 56.9 cm³/mol. The third-order valence-electron chi connectivity index (χ3n) is 1.97. The number of halogens is 1. The van der Waals surface area contributed by atoms with Gasteiger partial charge in [-0.1, -0.05) is 0 Å². The standard InChI is InChI=1S/C8H7ClN4O2S/c1-6-7(16(9,14)15)5-12-13(6)8-10-3-2-4-11-8/h2-5H,1H3. The lowest BCUT2D eigenvalue weighted by atomic mass is 10.5. The van der Waals surface area contributed by atoms with Crippen molar-refractivity contribution in [3.63, 3.8) is 0 Å². The number of hydrogen-bond donors (Lipinski definition) is 0. The third-order valence-corrected chi connectivity index (χ3v) is 3.39. The molecule has 2 aromatic heterocycles. The Bertz CT molecular complexity index is 608. The van der Waals surface area contributed by atoms with Crippen LogP contribution in [0.15, 0.2) is 29.6 Å². The van der Waals surface area contributed by atoms with Crippen molar-refractivity contribution in [3.05, 3.63) is 30.4 Å². The van der Waals surface area contributed by atoms with E-state index in [1.807, 2.05) is 0 Å². The Balaban J connectivity index is 2.59. The molecule has 0 radical (unpaired) electrons. The van der Waals surface area contributed by atoms with Crippen molar-refractivity contribution in [3.8, 4) is 5.95 Å². The number of nitrogens with zero attached hydrogens (tertiary/aromatic N) is 4. The van der Waals surface area contributed by atoms with Crippen LogP contribution in [0.3, 0.4) is 0 Å². The number of rotatable bonds is 2. The van der Waals surface area contributed by atoms with E-state index in [1.54, 1.807) is 25.4 Å². The minimum Gasteiger partial charge on any atom is -0.220 e. The maximum absolute atomic E-state index is 11.2. The molecule has 0 unspecified atom stereocenters. The maximum atomic E-state index is 11.2. The van der Waals surface area contributed by atoms with Gasteiger partial charge >= 0.3 is 0 Å². The quantitative estimate of drug-likeness (QED) is 0.748. The predicted octanol–water partition coefficient (Wildman–Crippen LogP) is 0.898. The van der Waals surface area contributed by atoms with Gasteiger partial charge in [-0.3, -0.25) is 0 Å². The minimum absolute atomic E-state index is 0.0402. The van der Waals surface area contributed by atoms with E-state index in [2.05, 4.69) is 15.1 Å². The van der Waals surface area contributed by atoms with Gasteiger partial charge in [0.05, 0.1) is 11.9 Å². The molecule has 0 spiro atoms. The van der Waals surface area contributed by atoms with Crippen LogP contribution in [0.5, 0.6) is 0 Å². The first-order valence-electron chi connectivity index (χ1n) is 4.27. The second-order valence-corrected chi connectivity index (χ2v) is 5.53. The minimum atomic E-state index is -3.79. The van der Waals surface area contributed by atoms with E-state index >= 15 is 0 Å². The molecule has 16 heavy (non-hydrogen) atoms. The Morgan fingerprint density at radius 1 is 1.31 bits per heavy atom. The molecule has 6 nitrogen and oxygen atoms in total. The van der Waals surface area contributed by atoms with Crippen molar-refractivity contribution in [1.82, 2.24) is 19.7 Å². The average Bonchev–Trinajstić information content (AvgIpc) is 2.61. The fourth-order valence-electron chi connectivity index (χ4n) is 1.24. The van der Waals surface area contributed by atoms with Gasteiger partial charge in [-0.05, 0) is 13.0 Å². The van der Waals surface area contributed by atoms with Gasteiger partial charge in [0.1, 0.15) is 4.90 Å². The lowest BCUT2D eigenvalue weighted by molar-refractivity contribution is 0.609. The maximum Gasteiger partial charge on any atom is 0.264 e. The van der Waals surface area contributed by atoms with Gasteiger partial charge in [0.2, 0.25) is 0 Å². The van der Waals surface area contributed by atoms with Crippen LogP contribution in [0.2, 0.25) is 0 Å². The highest BCUT2D eigenvalue weighted by molar-refractivity contribution is 8.13. The molecule has 8 heteroatoms. The van der Waals surface area contributed by atoms with Crippen LogP contribution >= 0.6 is 10.7 Å². The summed E-state index contributed by atoms with van der Waals surface area (Å²) < 4.78 is 23.7. The molecular formula is C8H7ClN4O2S. The fraction of sp³-hybridized carbons (Fsp3) is 0.125. The fourth-order valence-corrected chi connectivity index (χ4v) is 2.30. The topological polar surface area (TPSA) is 77.7 Å². The lowest BCUT2D eigenvalue weighted by Crippen LogP contribution is -2.04. The van der Waals surface area contributed by atoms with Crippen LogP contribution in [-0.2, 0) is 9.05 Å². The smallest absolute Gasteiger partial charge is 0.220 e. The first-order valence-corrected chi connectivity index (χ1v) is 6.58. The summed E-state index contributed by atoms with van der Waals surface area (Å²) >= 11 is 0. The molecule has 0 amide bonds. The van der Waals surface area contributed by atoms with Crippen molar-refractivity contribution in [1.29, 1.82) is 0 Å². The monoisotopic (exact) mass is 258 g/mol. The molecule has 0 N–H and O–H groups in total. The van der Waals surface area contributed by atoms with E-state index in [-0.39, 0.29) is 4.90 Å². The van der Waals surface area contributed by atoms with Crippen molar-refractivity contribution in [2.45, 2.75) is 11.8 Å². The summed E-state index contributed by atoms with van der Waals surface area (Å²) in [5.41, 5.74) is 0.376. The van der Waals surface area contributed by atoms with E-state index in [9.17, 15) is 8.42 Å². The molecule has 84 valence electrons. The summed E-state index contributed by atoms with van der Waals surface area (Å²) in [6.45, 7) is 1.58. The summed E-state index contributed by atoms with van der Waals surface area (Å²) in [5.74, 6) is 0.298. The van der Waals surface area contributed by atoms with Gasteiger partial charge in [0, 0.05) is 23.1 Å². The Hall–Kier alpha value is -1.47. The second-order valence-electron chi connectivity index (χ2n) is 2.99. The zero-order valence-corrected chi connectivity index (χ0v) is 9.77. The van der Waals surface area contributed by atoms with Crippen LogP contribution in [0.4, 0.5) is 0 Å². The largest absolute Gasteiger partial charge is 0.264 e. The van der Waals surface area contributed by atoms with E-state index in [1.165, 1.54) is 10.9 Å². The van der Waals surface area contributed by atoms with E-state index in [4.69, 9.17) is 10.7 Å². The molecule has 2 aromatic rings. The van der Waals surface area contributed by atoms with Gasteiger partial charge in [-0.15, -0.1) is 0 Å². The van der Waals surface area contributed by atoms with Crippen LogP contribution in [-0.4, -0.2) is 28.2 Å². The lowest BCUT2D eigenvalue weighted by Gasteiger charge is -2.01. The molecule has 2 rings (SSSR count). The van der Waals surface area contributed by atoms with E-state index in [0.717, 1.165) is 0 Å². The molecule has 0 fully saturated rings. The molecule has 0 bridgehead atoms. The summed E-state index contributed by atoms with van der Waals surface area (Å²) in [6.07, 6.45) is 4.25. The first-order chi connectivity index (χ1) is 7.50. The highest BCUT2D eigenvalue weighted by atomic mass is 35.7. The third kappa shape index (κ3) is 1.91. The Kier molecular flexibility index (Phi) is 2.64. The zero-order chi connectivity index (χ0) is 11.8. The van der Waals surface area contributed by atoms with Gasteiger partial charge < -0.3 is 0 Å². The van der Waals surface area contributed by atoms with Gasteiger partial charge in [0.15, 0.2) is 0 Å². The Morgan fingerprint density at radius 2 is 1.94 bits per heavy atom. The summed E-state index contributed by atoms with van der Waals surface area (Å²) in [6, 6.07) is 1.65. The summed E-state index contributed by atoms with van der Waals surface area (Å²) in [4.78, 5) is 7.87. The number of hydrogen-bond acceptors (Lipinski definition) is 5. The van der Waals surface area contributed by atoms with Crippen molar-refractivity contribution in [2.75, 3.05) is 0 Å². The van der Waals surface area contributed by atoms with Crippen LogP contribution in [0, 0.1) is 6.92 Å². The molecule has 0 saturated carbocycles. The molecular weight excluding hydrogens is 252 g/mol. The van der Waals surface area contributed by atoms with E-state index in [0.29, 0.717) is 11.6 Å². The second kappa shape index (κ2) is 3.84. The van der Waals surface area contributed by atoms with Crippen LogP contribution in [0.25, 0.3) is 5.95 Å². The first kappa shape index (κ1) is 11.0. The zero-order valence-electron chi connectivity index (χ0n) is 8.20. The summed E-state index contributed by atoms with van der Waals surface area (Å²) in [7, 11) is 1.46. The van der Waals surface area contributed by atoms with Gasteiger partial charge in [0.25, 0.3) is 15.0 Å². The molecule has 2 heterocycles. The molecule has 0 aromatic carbocycles. The van der Waals surface area contributed by atoms with Crippen LogP contribution in [0.1, 0.15) is 5.69 Å². The molecule has 0 saturated heterocycles. The Morgan fingerprint density at radius 3 is 2.44 bits per heavy atom. The van der Waals surface area contributed by atoms with Crippen LogP contribution < -0.4 is 0 Å². The Labute approximate surface area is 96.3 Å². The molecule has 0 atom stereocenters. The average molecular weight is 259 g/mol. The molecule has 0 aliphatic carbocycles. The highest BCUT2D eigenvalue weighted by Crippen LogP contribution is 2.19. The van der Waals surface area contributed by atoms with Crippen molar-refractivity contribution < 1.29 is 8.42 Å². The molecule has 0 aliphatic rings. The SMILES string of the molecule is Cc1c(S(=O)(=O)Cl)cnn1-c1ncccn1. The van der Waals surface area contributed by atoms with E-state index < -0.39 is 9.05 Å². The van der Waals surface area contributed by atoms with Crippen molar-refractivity contribution in [2.24, 2.45) is 0 Å². The summed E-state index contributed by atoms with van der Waals surface area (Å²) in [5, 5.41) is 3.88. The van der Waals surface area contributed by atoms with Gasteiger partial charge in [-0.25, -0.2) is 23.1 Å². The normalized spacial score (nSPS) is 11.6. The molecule has 0 aliphatic heterocycles. The number of aromatic nitrogens is 4. The highest BCUT2D eigenvalue weighted by Gasteiger charge is 2.19. The van der Waals surface area contributed by atoms with Crippen molar-refractivity contribution >= 4 is 19.7 Å². The van der Waals surface area contributed by atoms with Gasteiger partial charge in [-0.2, -0.15) is 5.10 Å².